The maximum Gasteiger partial charge on any atom is 0.196 e. The van der Waals surface area contributed by atoms with E-state index in [4.69, 9.17) is 0 Å². The van der Waals surface area contributed by atoms with Crippen molar-refractivity contribution in [1.29, 1.82) is 0 Å². The third-order valence-electron chi connectivity index (χ3n) is 2.45. The van der Waals surface area contributed by atoms with E-state index in [2.05, 4.69) is 5.10 Å². The van der Waals surface area contributed by atoms with Gasteiger partial charge in [-0.25, -0.2) is 8.42 Å². The monoisotopic (exact) mass is 258 g/mol. The third kappa shape index (κ3) is 2.94. The van der Waals surface area contributed by atoms with E-state index >= 15 is 0 Å². The summed E-state index contributed by atoms with van der Waals surface area (Å²) in [4.78, 5) is 10.9. The molecule has 96 valence electrons. The standard InChI is InChI=1S/C11H18N2O3S/c1-4-5-6-17(15,16)11-10(8-14)7-12-13(11)9(2)3/h7-9H,4-6H2,1-3H3. The Labute approximate surface area is 102 Å². The van der Waals surface area contributed by atoms with Crippen LogP contribution in [-0.4, -0.2) is 30.2 Å². The number of aldehydes is 1. The Bertz CT molecular complexity index is 489. The molecule has 6 heteroatoms. The van der Waals surface area contributed by atoms with Crippen LogP contribution in [0.2, 0.25) is 0 Å². The van der Waals surface area contributed by atoms with Gasteiger partial charge >= 0.3 is 0 Å². The van der Waals surface area contributed by atoms with E-state index in [0.717, 1.165) is 6.42 Å². The highest BCUT2D eigenvalue weighted by Gasteiger charge is 2.25. The maximum absolute atomic E-state index is 12.1. The summed E-state index contributed by atoms with van der Waals surface area (Å²) in [6, 6.07) is -0.0879. The van der Waals surface area contributed by atoms with Gasteiger partial charge in [-0.3, -0.25) is 9.48 Å². The van der Waals surface area contributed by atoms with E-state index in [0.29, 0.717) is 12.7 Å². The average molecular weight is 258 g/mol. The summed E-state index contributed by atoms with van der Waals surface area (Å²) >= 11 is 0. The van der Waals surface area contributed by atoms with Gasteiger partial charge < -0.3 is 0 Å². The molecular weight excluding hydrogens is 240 g/mol. The zero-order chi connectivity index (χ0) is 13.1. The molecule has 1 heterocycles. The highest BCUT2D eigenvalue weighted by molar-refractivity contribution is 7.91. The third-order valence-corrected chi connectivity index (χ3v) is 4.29. The number of aromatic nitrogens is 2. The van der Waals surface area contributed by atoms with Gasteiger partial charge in [0.25, 0.3) is 0 Å². The zero-order valence-electron chi connectivity index (χ0n) is 10.4. The molecule has 0 aromatic carbocycles. The molecular formula is C11H18N2O3S. The number of sulfone groups is 1. The molecule has 0 aliphatic carbocycles. The molecule has 0 saturated carbocycles. The first kappa shape index (κ1) is 13.9. The molecule has 0 fully saturated rings. The Morgan fingerprint density at radius 1 is 1.47 bits per heavy atom. The van der Waals surface area contributed by atoms with Crippen molar-refractivity contribution >= 4 is 16.1 Å². The van der Waals surface area contributed by atoms with Crippen LogP contribution in [0.15, 0.2) is 11.2 Å². The molecule has 0 N–H and O–H groups in total. The second-order valence-electron chi connectivity index (χ2n) is 4.23. The van der Waals surface area contributed by atoms with Crippen molar-refractivity contribution in [2.24, 2.45) is 0 Å². The number of unbranched alkanes of at least 4 members (excludes halogenated alkanes) is 1. The number of hydrogen-bond acceptors (Lipinski definition) is 4. The number of carbonyl (C=O) groups excluding carboxylic acids is 1. The predicted octanol–water partition coefficient (Wildman–Crippen LogP) is 1.85. The fraction of sp³-hybridized carbons (Fsp3) is 0.636. The van der Waals surface area contributed by atoms with Crippen molar-refractivity contribution in [2.75, 3.05) is 5.75 Å². The summed E-state index contributed by atoms with van der Waals surface area (Å²) in [7, 11) is -3.43. The van der Waals surface area contributed by atoms with Gasteiger partial charge in [0.15, 0.2) is 21.1 Å². The lowest BCUT2D eigenvalue weighted by Gasteiger charge is -2.11. The lowest BCUT2D eigenvalue weighted by molar-refractivity contribution is 0.112. The first-order valence-corrected chi connectivity index (χ1v) is 7.34. The minimum atomic E-state index is -3.43. The quantitative estimate of drug-likeness (QED) is 0.730. The summed E-state index contributed by atoms with van der Waals surface area (Å²) in [6.07, 6.45) is 3.24. The van der Waals surface area contributed by atoms with Crippen LogP contribution in [0.1, 0.15) is 50.0 Å². The van der Waals surface area contributed by atoms with Gasteiger partial charge in [-0.2, -0.15) is 5.10 Å². The molecule has 0 bridgehead atoms. The van der Waals surface area contributed by atoms with Crippen LogP contribution in [0.5, 0.6) is 0 Å². The van der Waals surface area contributed by atoms with Gasteiger partial charge in [0, 0.05) is 6.04 Å². The largest absolute Gasteiger partial charge is 0.298 e. The average Bonchev–Trinajstić information content (AvgIpc) is 2.70. The van der Waals surface area contributed by atoms with Gasteiger partial charge in [-0.05, 0) is 20.3 Å². The van der Waals surface area contributed by atoms with Gasteiger partial charge in [-0.1, -0.05) is 13.3 Å². The normalized spacial score (nSPS) is 12.0. The van der Waals surface area contributed by atoms with Crippen LogP contribution in [0.4, 0.5) is 0 Å². The molecule has 0 aliphatic heterocycles. The number of hydrogen-bond donors (Lipinski definition) is 0. The SMILES string of the molecule is CCCCS(=O)(=O)c1c(C=O)cnn1C(C)C. The molecule has 17 heavy (non-hydrogen) atoms. The first-order chi connectivity index (χ1) is 7.94. The van der Waals surface area contributed by atoms with Crippen LogP contribution >= 0.6 is 0 Å². The van der Waals surface area contributed by atoms with E-state index in [1.165, 1.54) is 10.9 Å². The van der Waals surface area contributed by atoms with E-state index in [1.54, 1.807) is 0 Å². The summed E-state index contributed by atoms with van der Waals surface area (Å²) in [5.41, 5.74) is 0.148. The minimum Gasteiger partial charge on any atom is -0.298 e. The van der Waals surface area contributed by atoms with Crippen LogP contribution in [-0.2, 0) is 9.84 Å². The van der Waals surface area contributed by atoms with Crippen molar-refractivity contribution in [1.82, 2.24) is 9.78 Å². The summed E-state index contributed by atoms with van der Waals surface area (Å²) in [5.74, 6) is 0.0583. The van der Waals surface area contributed by atoms with E-state index < -0.39 is 9.84 Å². The lowest BCUT2D eigenvalue weighted by atomic mass is 10.4. The molecule has 0 amide bonds. The maximum atomic E-state index is 12.1. The fourth-order valence-electron chi connectivity index (χ4n) is 1.57. The van der Waals surface area contributed by atoms with E-state index in [-0.39, 0.29) is 22.4 Å². The molecule has 0 saturated heterocycles. The van der Waals surface area contributed by atoms with Gasteiger partial charge in [0.05, 0.1) is 17.5 Å². The highest BCUT2D eigenvalue weighted by atomic mass is 32.2. The Balaban J connectivity index is 3.27. The number of nitrogens with zero attached hydrogens (tertiary/aromatic N) is 2. The number of carbonyl (C=O) groups is 1. The highest BCUT2D eigenvalue weighted by Crippen LogP contribution is 2.20. The summed E-state index contributed by atoms with van der Waals surface area (Å²) < 4.78 is 25.7. The summed E-state index contributed by atoms with van der Waals surface area (Å²) in [5, 5.41) is 4.02. The molecule has 1 aromatic heterocycles. The molecule has 0 unspecified atom stereocenters. The van der Waals surface area contributed by atoms with Gasteiger partial charge in [0.2, 0.25) is 0 Å². The Hall–Kier alpha value is -1.17. The Kier molecular flexibility index (Phi) is 4.45. The number of rotatable bonds is 6. The molecule has 0 spiro atoms. The predicted molar refractivity (Wildman–Crippen MR) is 65.0 cm³/mol. The molecule has 0 aliphatic rings. The van der Waals surface area contributed by atoms with E-state index in [9.17, 15) is 13.2 Å². The first-order valence-electron chi connectivity index (χ1n) is 5.69. The van der Waals surface area contributed by atoms with Crippen LogP contribution in [0.3, 0.4) is 0 Å². The van der Waals surface area contributed by atoms with Crippen molar-refractivity contribution in [2.45, 2.75) is 44.7 Å². The van der Waals surface area contributed by atoms with Crippen molar-refractivity contribution in [3.05, 3.63) is 11.8 Å². The molecule has 0 atom stereocenters. The van der Waals surface area contributed by atoms with Crippen molar-refractivity contribution in [3.8, 4) is 0 Å². The second kappa shape index (κ2) is 5.44. The smallest absolute Gasteiger partial charge is 0.196 e. The topological polar surface area (TPSA) is 69.0 Å². The fourth-order valence-corrected chi connectivity index (χ4v) is 3.43. The van der Waals surface area contributed by atoms with Crippen molar-refractivity contribution in [3.63, 3.8) is 0 Å². The van der Waals surface area contributed by atoms with Gasteiger partial charge in [-0.15, -0.1) is 0 Å². The van der Waals surface area contributed by atoms with Crippen LogP contribution < -0.4 is 0 Å². The molecule has 5 nitrogen and oxygen atoms in total. The Morgan fingerprint density at radius 3 is 2.59 bits per heavy atom. The van der Waals surface area contributed by atoms with Gasteiger partial charge in [0.1, 0.15) is 0 Å². The summed E-state index contributed by atoms with van der Waals surface area (Å²) in [6.45, 7) is 5.59. The van der Waals surface area contributed by atoms with Crippen molar-refractivity contribution < 1.29 is 13.2 Å². The second-order valence-corrected chi connectivity index (χ2v) is 6.26. The zero-order valence-corrected chi connectivity index (χ0v) is 11.2. The van der Waals surface area contributed by atoms with Crippen LogP contribution in [0.25, 0.3) is 0 Å². The molecule has 0 radical (unpaired) electrons. The molecule has 1 aromatic rings. The van der Waals surface area contributed by atoms with Crippen LogP contribution in [0, 0.1) is 0 Å². The minimum absolute atomic E-state index is 0.0518. The van der Waals surface area contributed by atoms with E-state index in [1.807, 2.05) is 20.8 Å². The Morgan fingerprint density at radius 2 is 2.12 bits per heavy atom. The molecule has 1 rings (SSSR count). The lowest BCUT2D eigenvalue weighted by Crippen LogP contribution is -2.17.